The molecule has 1 aliphatic rings. The molecule has 4 amide bonds. The highest BCUT2D eigenvalue weighted by molar-refractivity contribution is 6.01. The van der Waals surface area contributed by atoms with E-state index in [4.69, 9.17) is 0 Å². The molecule has 0 radical (unpaired) electrons. The molecule has 1 unspecified atom stereocenters. The van der Waals surface area contributed by atoms with E-state index >= 15 is 0 Å². The molecule has 7 heteroatoms. The predicted molar refractivity (Wildman–Crippen MR) is 129 cm³/mol. The number of rotatable bonds is 6. The molecule has 3 N–H and O–H groups in total. The third-order valence-corrected chi connectivity index (χ3v) is 5.45. The number of likely N-dealkylation sites (tertiary alicyclic amines) is 1. The molecule has 1 heterocycles. The summed E-state index contributed by atoms with van der Waals surface area (Å²) in [5.41, 5.74) is 2.51. The zero-order chi connectivity index (χ0) is 23.0. The third-order valence-electron chi connectivity index (χ3n) is 5.45. The number of benzene rings is 3. The van der Waals surface area contributed by atoms with Crippen molar-refractivity contribution in [3.63, 3.8) is 0 Å². The SMILES string of the molecule is O=C(Nc1ccccc1)Nc1cccc(NC(=O)C(c2ccccc2)N2CCCCC2=O)c1. The molecule has 1 aliphatic heterocycles. The Morgan fingerprint density at radius 2 is 1.33 bits per heavy atom. The Bertz CT molecular complexity index is 1120. The lowest BCUT2D eigenvalue weighted by molar-refractivity contribution is -0.141. The molecule has 3 aromatic carbocycles. The fourth-order valence-electron chi connectivity index (χ4n) is 3.91. The number of carbonyl (C=O) groups is 3. The van der Waals surface area contributed by atoms with Crippen LogP contribution in [0.1, 0.15) is 30.9 Å². The first-order valence-electron chi connectivity index (χ1n) is 11.0. The molecule has 7 nitrogen and oxygen atoms in total. The van der Waals surface area contributed by atoms with Crippen LogP contribution in [-0.2, 0) is 9.59 Å². The average molecular weight is 443 g/mol. The first kappa shape index (κ1) is 22.1. The van der Waals surface area contributed by atoms with Crippen molar-refractivity contribution in [1.29, 1.82) is 0 Å². The van der Waals surface area contributed by atoms with Gasteiger partial charge in [-0.3, -0.25) is 9.59 Å². The van der Waals surface area contributed by atoms with Crippen LogP contribution in [-0.4, -0.2) is 29.3 Å². The Balaban J connectivity index is 1.48. The molecule has 33 heavy (non-hydrogen) atoms. The number of carbonyl (C=O) groups excluding carboxylic acids is 3. The van der Waals surface area contributed by atoms with Crippen molar-refractivity contribution in [3.05, 3.63) is 90.5 Å². The number of hydrogen-bond donors (Lipinski definition) is 3. The third kappa shape index (κ3) is 5.77. The summed E-state index contributed by atoms with van der Waals surface area (Å²) in [6.07, 6.45) is 2.17. The van der Waals surface area contributed by atoms with Gasteiger partial charge in [0.05, 0.1) is 0 Å². The van der Waals surface area contributed by atoms with Gasteiger partial charge in [-0.15, -0.1) is 0 Å². The smallest absolute Gasteiger partial charge is 0.323 e. The lowest BCUT2D eigenvalue weighted by Gasteiger charge is -2.34. The lowest BCUT2D eigenvalue weighted by Crippen LogP contribution is -2.43. The van der Waals surface area contributed by atoms with Crippen LogP contribution in [0, 0.1) is 0 Å². The standard InChI is InChI=1S/C26H26N4O3/c31-23-16-7-8-17-30(23)24(19-10-3-1-4-11-19)25(32)27-21-14-9-15-22(18-21)29-26(33)28-20-12-5-2-6-13-20/h1-6,9-15,18,24H,7-8,16-17H2,(H,27,32)(H2,28,29,33). The Morgan fingerprint density at radius 1 is 0.727 bits per heavy atom. The van der Waals surface area contributed by atoms with Crippen molar-refractivity contribution >= 4 is 34.9 Å². The first-order valence-corrected chi connectivity index (χ1v) is 11.0. The van der Waals surface area contributed by atoms with Gasteiger partial charge in [-0.2, -0.15) is 0 Å². The van der Waals surface area contributed by atoms with Gasteiger partial charge >= 0.3 is 6.03 Å². The number of piperidine rings is 1. The minimum Gasteiger partial charge on any atom is -0.327 e. The summed E-state index contributed by atoms with van der Waals surface area (Å²) >= 11 is 0. The second-order valence-electron chi connectivity index (χ2n) is 7.87. The number of para-hydroxylation sites is 1. The largest absolute Gasteiger partial charge is 0.327 e. The van der Waals surface area contributed by atoms with E-state index in [1.807, 2.05) is 48.5 Å². The zero-order valence-corrected chi connectivity index (χ0v) is 18.2. The van der Waals surface area contributed by atoms with Crippen molar-refractivity contribution in [2.75, 3.05) is 22.5 Å². The molecule has 1 saturated heterocycles. The number of hydrogen-bond acceptors (Lipinski definition) is 3. The fourth-order valence-corrected chi connectivity index (χ4v) is 3.91. The second kappa shape index (κ2) is 10.5. The maximum absolute atomic E-state index is 13.3. The van der Waals surface area contributed by atoms with Gasteiger partial charge < -0.3 is 20.9 Å². The van der Waals surface area contributed by atoms with E-state index in [0.717, 1.165) is 18.4 Å². The van der Waals surface area contributed by atoms with E-state index in [0.29, 0.717) is 30.0 Å². The van der Waals surface area contributed by atoms with Crippen LogP contribution < -0.4 is 16.0 Å². The van der Waals surface area contributed by atoms with Gasteiger partial charge in [-0.25, -0.2) is 4.79 Å². The molecule has 0 bridgehead atoms. The summed E-state index contributed by atoms with van der Waals surface area (Å²) < 4.78 is 0. The molecule has 4 rings (SSSR count). The molecule has 1 fully saturated rings. The summed E-state index contributed by atoms with van der Waals surface area (Å²) in [6.45, 7) is 0.549. The highest BCUT2D eigenvalue weighted by Gasteiger charge is 2.32. The van der Waals surface area contributed by atoms with Crippen LogP contribution in [0.15, 0.2) is 84.9 Å². The van der Waals surface area contributed by atoms with Crippen LogP contribution >= 0.6 is 0 Å². The normalized spacial score (nSPS) is 14.3. The van der Waals surface area contributed by atoms with Crippen molar-refractivity contribution in [2.24, 2.45) is 0 Å². The molecule has 168 valence electrons. The van der Waals surface area contributed by atoms with Crippen molar-refractivity contribution in [1.82, 2.24) is 4.90 Å². The van der Waals surface area contributed by atoms with Crippen molar-refractivity contribution in [3.8, 4) is 0 Å². The van der Waals surface area contributed by atoms with Crippen molar-refractivity contribution < 1.29 is 14.4 Å². The number of anilines is 3. The molecule has 0 aromatic heterocycles. The van der Waals surface area contributed by atoms with Crippen LogP contribution in [0.2, 0.25) is 0 Å². The summed E-state index contributed by atoms with van der Waals surface area (Å²) in [6, 6.07) is 24.3. The quantitative estimate of drug-likeness (QED) is 0.500. The summed E-state index contributed by atoms with van der Waals surface area (Å²) in [7, 11) is 0. The summed E-state index contributed by atoms with van der Waals surface area (Å²) in [5.74, 6) is -0.305. The van der Waals surface area contributed by atoms with Crippen LogP contribution in [0.3, 0.4) is 0 Å². The Labute approximate surface area is 192 Å². The first-order chi connectivity index (χ1) is 16.1. The van der Waals surface area contributed by atoms with Gasteiger partial charge in [0.1, 0.15) is 6.04 Å². The van der Waals surface area contributed by atoms with E-state index in [2.05, 4.69) is 16.0 Å². The van der Waals surface area contributed by atoms with E-state index in [1.165, 1.54) is 0 Å². The minimum absolute atomic E-state index is 0.0155. The van der Waals surface area contributed by atoms with Crippen LogP contribution in [0.25, 0.3) is 0 Å². The minimum atomic E-state index is -0.711. The van der Waals surface area contributed by atoms with Gasteiger partial charge in [0.25, 0.3) is 5.91 Å². The average Bonchev–Trinajstić information content (AvgIpc) is 2.82. The maximum Gasteiger partial charge on any atom is 0.323 e. The highest BCUT2D eigenvalue weighted by Crippen LogP contribution is 2.27. The van der Waals surface area contributed by atoms with E-state index < -0.39 is 6.04 Å². The Hall–Kier alpha value is -4.13. The van der Waals surface area contributed by atoms with Gasteiger partial charge in [-0.1, -0.05) is 54.6 Å². The predicted octanol–water partition coefficient (Wildman–Crippen LogP) is 5.02. The molecule has 0 spiro atoms. The number of nitrogens with zero attached hydrogens (tertiary/aromatic N) is 1. The van der Waals surface area contributed by atoms with Crippen molar-refractivity contribution in [2.45, 2.75) is 25.3 Å². The van der Waals surface area contributed by atoms with E-state index in [9.17, 15) is 14.4 Å². The van der Waals surface area contributed by atoms with E-state index in [-0.39, 0.29) is 17.8 Å². The van der Waals surface area contributed by atoms with Gasteiger partial charge in [-0.05, 0) is 48.7 Å². The molecule has 0 aliphatic carbocycles. The summed E-state index contributed by atoms with van der Waals surface area (Å²) in [5, 5.41) is 8.44. The van der Waals surface area contributed by atoms with Gasteiger partial charge in [0, 0.05) is 30.0 Å². The second-order valence-corrected chi connectivity index (χ2v) is 7.87. The monoisotopic (exact) mass is 442 g/mol. The van der Waals surface area contributed by atoms with Gasteiger partial charge in [0.15, 0.2) is 0 Å². The Kier molecular flexibility index (Phi) is 6.99. The summed E-state index contributed by atoms with van der Waals surface area (Å²) in [4.78, 5) is 39.9. The molecular weight excluding hydrogens is 416 g/mol. The van der Waals surface area contributed by atoms with Gasteiger partial charge in [0.2, 0.25) is 5.91 Å². The number of urea groups is 1. The van der Waals surface area contributed by atoms with Crippen LogP contribution in [0.4, 0.5) is 21.9 Å². The topological polar surface area (TPSA) is 90.5 Å². The molecular formula is C26H26N4O3. The fraction of sp³-hybridized carbons (Fsp3) is 0.192. The number of amides is 4. The Morgan fingerprint density at radius 3 is 2.03 bits per heavy atom. The highest BCUT2D eigenvalue weighted by atomic mass is 16.2. The van der Waals surface area contributed by atoms with Crippen LogP contribution in [0.5, 0.6) is 0 Å². The lowest BCUT2D eigenvalue weighted by atomic mass is 10.0. The number of nitrogens with one attached hydrogen (secondary N) is 3. The zero-order valence-electron chi connectivity index (χ0n) is 18.2. The molecule has 3 aromatic rings. The maximum atomic E-state index is 13.3. The molecule has 0 saturated carbocycles. The van der Waals surface area contributed by atoms with E-state index in [1.54, 1.807) is 41.3 Å². The molecule has 1 atom stereocenters.